The summed E-state index contributed by atoms with van der Waals surface area (Å²) in [6.07, 6.45) is 0.813. The van der Waals surface area contributed by atoms with Gasteiger partial charge in [0.25, 0.3) is 5.56 Å². The van der Waals surface area contributed by atoms with Crippen molar-refractivity contribution >= 4 is 44.4 Å². The van der Waals surface area contributed by atoms with Crippen LogP contribution in [0.15, 0.2) is 56.9 Å². The number of benzene rings is 2. The number of thioether (sulfide) groups is 1. The van der Waals surface area contributed by atoms with Gasteiger partial charge in [0, 0.05) is 16.8 Å². The molecule has 0 unspecified atom stereocenters. The van der Waals surface area contributed by atoms with Crippen molar-refractivity contribution in [3.63, 3.8) is 0 Å². The fraction of sp³-hybridized carbons (Fsp3) is 0.211. The first-order chi connectivity index (χ1) is 13.1. The number of nitrogens with zero attached hydrogens (tertiary/aromatic N) is 4. The van der Waals surface area contributed by atoms with E-state index in [9.17, 15) is 9.18 Å². The number of hydrogen-bond donors (Lipinski definition) is 0. The second kappa shape index (κ2) is 7.44. The molecule has 0 saturated heterocycles. The summed E-state index contributed by atoms with van der Waals surface area (Å²) in [7, 11) is 0. The minimum atomic E-state index is -0.265. The first-order valence-electron chi connectivity index (χ1n) is 8.53. The molecule has 4 rings (SSSR count). The van der Waals surface area contributed by atoms with Crippen LogP contribution in [0.1, 0.15) is 18.9 Å². The van der Waals surface area contributed by atoms with Crippen molar-refractivity contribution in [1.82, 2.24) is 19.2 Å². The SMILES string of the molecule is CCCn1c(=O)c2ccccc2n2c(SCc3ccc(Br)cc3F)nnc12. The maximum Gasteiger partial charge on any atom is 0.262 e. The summed E-state index contributed by atoms with van der Waals surface area (Å²) in [5, 5.41) is 9.78. The van der Waals surface area contributed by atoms with Gasteiger partial charge >= 0.3 is 0 Å². The summed E-state index contributed by atoms with van der Waals surface area (Å²) in [4.78, 5) is 12.8. The molecule has 0 N–H and O–H groups in total. The highest BCUT2D eigenvalue weighted by Gasteiger charge is 2.16. The summed E-state index contributed by atoms with van der Waals surface area (Å²) in [5.41, 5.74) is 1.28. The number of hydrogen-bond acceptors (Lipinski definition) is 4. The topological polar surface area (TPSA) is 52.2 Å². The lowest BCUT2D eigenvalue weighted by molar-refractivity contribution is 0.616. The molecule has 0 saturated carbocycles. The van der Waals surface area contributed by atoms with Gasteiger partial charge in [0.15, 0.2) is 5.16 Å². The molecule has 0 radical (unpaired) electrons. The van der Waals surface area contributed by atoms with Crippen LogP contribution in [-0.4, -0.2) is 19.2 Å². The average Bonchev–Trinajstić information content (AvgIpc) is 3.08. The molecule has 2 aromatic heterocycles. The van der Waals surface area contributed by atoms with E-state index in [4.69, 9.17) is 0 Å². The van der Waals surface area contributed by atoms with Crippen LogP contribution < -0.4 is 5.56 Å². The van der Waals surface area contributed by atoms with Gasteiger partial charge in [-0.1, -0.05) is 52.8 Å². The molecular formula is C19H16BrFN4OS. The molecule has 5 nitrogen and oxygen atoms in total. The van der Waals surface area contributed by atoms with Gasteiger partial charge in [0.05, 0.1) is 10.9 Å². The standard InChI is InChI=1S/C19H16BrFN4OS/c1-2-9-24-17(26)14-5-3-4-6-16(14)25-18(24)22-23-19(25)27-11-12-7-8-13(20)10-15(12)21/h3-8,10H,2,9,11H2,1H3. The Morgan fingerprint density at radius 3 is 2.78 bits per heavy atom. The molecule has 0 amide bonds. The number of para-hydroxylation sites is 1. The van der Waals surface area contributed by atoms with Crippen molar-refractivity contribution in [2.24, 2.45) is 0 Å². The zero-order chi connectivity index (χ0) is 19.0. The summed E-state index contributed by atoms with van der Waals surface area (Å²) in [6, 6.07) is 12.4. The van der Waals surface area contributed by atoms with Crippen molar-refractivity contribution in [1.29, 1.82) is 0 Å². The van der Waals surface area contributed by atoms with E-state index < -0.39 is 0 Å². The van der Waals surface area contributed by atoms with Crippen LogP contribution in [0.3, 0.4) is 0 Å². The number of aromatic nitrogens is 4. The number of rotatable bonds is 5. The van der Waals surface area contributed by atoms with Crippen LogP contribution in [0.4, 0.5) is 4.39 Å². The minimum absolute atomic E-state index is 0.0668. The average molecular weight is 447 g/mol. The molecule has 8 heteroatoms. The lowest BCUT2D eigenvalue weighted by Crippen LogP contribution is -2.23. The molecule has 0 aliphatic heterocycles. The van der Waals surface area contributed by atoms with E-state index in [1.54, 1.807) is 10.6 Å². The quantitative estimate of drug-likeness (QED) is 0.418. The van der Waals surface area contributed by atoms with Crippen molar-refractivity contribution in [3.05, 3.63) is 68.7 Å². The van der Waals surface area contributed by atoms with Crippen molar-refractivity contribution in [2.75, 3.05) is 0 Å². The predicted octanol–water partition coefficient (Wildman–Crippen LogP) is 4.65. The third-order valence-electron chi connectivity index (χ3n) is 4.30. The second-order valence-electron chi connectivity index (χ2n) is 6.12. The molecule has 2 aromatic carbocycles. The van der Waals surface area contributed by atoms with Crippen LogP contribution in [0.2, 0.25) is 0 Å². The molecular weight excluding hydrogens is 431 g/mol. The highest BCUT2D eigenvalue weighted by atomic mass is 79.9. The summed E-state index contributed by atoms with van der Waals surface area (Å²) in [5.74, 6) is 0.666. The van der Waals surface area contributed by atoms with Crippen molar-refractivity contribution in [2.45, 2.75) is 30.8 Å². The molecule has 4 aromatic rings. The van der Waals surface area contributed by atoms with E-state index in [-0.39, 0.29) is 11.4 Å². The van der Waals surface area contributed by atoms with Gasteiger partial charge in [0.2, 0.25) is 5.78 Å². The smallest absolute Gasteiger partial charge is 0.262 e. The number of aryl methyl sites for hydroxylation is 1. The lowest BCUT2D eigenvalue weighted by atomic mass is 10.2. The Morgan fingerprint density at radius 2 is 2.00 bits per heavy atom. The van der Waals surface area contributed by atoms with Crippen LogP contribution in [0, 0.1) is 5.82 Å². The third-order valence-corrected chi connectivity index (χ3v) is 5.77. The van der Waals surface area contributed by atoms with E-state index in [1.807, 2.05) is 41.7 Å². The normalized spacial score (nSPS) is 11.5. The molecule has 27 heavy (non-hydrogen) atoms. The maximum atomic E-state index is 14.1. The molecule has 0 aliphatic rings. The van der Waals surface area contributed by atoms with Gasteiger partial charge in [-0.15, -0.1) is 10.2 Å². The van der Waals surface area contributed by atoms with Crippen molar-refractivity contribution < 1.29 is 4.39 Å². The zero-order valence-corrected chi connectivity index (χ0v) is 16.9. The minimum Gasteiger partial charge on any atom is -0.276 e. The first-order valence-corrected chi connectivity index (χ1v) is 10.3. The van der Waals surface area contributed by atoms with Gasteiger partial charge in [0.1, 0.15) is 5.82 Å². The Hall–Kier alpha value is -2.19. The Kier molecular flexibility index (Phi) is 5.01. The molecule has 2 heterocycles. The first kappa shape index (κ1) is 18.2. The molecule has 0 aliphatic carbocycles. The van der Waals surface area contributed by atoms with E-state index in [1.165, 1.54) is 17.8 Å². The zero-order valence-electron chi connectivity index (χ0n) is 14.5. The molecule has 0 spiro atoms. The highest BCUT2D eigenvalue weighted by Crippen LogP contribution is 2.26. The largest absolute Gasteiger partial charge is 0.276 e. The van der Waals surface area contributed by atoms with Gasteiger partial charge in [-0.25, -0.2) is 4.39 Å². The van der Waals surface area contributed by atoms with Crippen LogP contribution in [0.5, 0.6) is 0 Å². The second-order valence-corrected chi connectivity index (χ2v) is 7.97. The maximum absolute atomic E-state index is 14.1. The lowest BCUT2D eigenvalue weighted by Gasteiger charge is -2.10. The van der Waals surface area contributed by atoms with E-state index in [2.05, 4.69) is 26.1 Å². The van der Waals surface area contributed by atoms with E-state index in [0.717, 1.165) is 11.9 Å². The predicted molar refractivity (Wildman–Crippen MR) is 109 cm³/mol. The Bertz CT molecular complexity index is 1200. The number of fused-ring (bicyclic) bond motifs is 3. The Labute approximate surface area is 167 Å². The molecule has 138 valence electrons. The summed E-state index contributed by atoms with van der Waals surface area (Å²) >= 11 is 4.67. The van der Waals surface area contributed by atoms with Crippen molar-refractivity contribution in [3.8, 4) is 0 Å². The fourth-order valence-electron chi connectivity index (χ4n) is 3.03. The summed E-state index contributed by atoms with van der Waals surface area (Å²) < 4.78 is 18.4. The Morgan fingerprint density at radius 1 is 1.19 bits per heavy atom. The van der Waals surface area contributed by atoms with E-state index in [0.29, 0.717) is 38.7 Å². The van der Waals surface area contributed by atoms with Crippen LogP contribution >= 0.6 is 27.7 Å². The third kappa shape index (κ3) is 3.27. The molecule has 0 fully saturated rings. The highest BCUT2D eigenvalue weighted by molar-refractivity contribution is 9.10. The monoisotopic (exact) mass is 446 g/mol. The van der Waals surface area contributed by atoms with Gasteiger partial charge < -0.3 is 0 Å². The number of halogens is 2. The van der Waals surface area contributed by atoms with Crippen LogP contribution in [0.25, 0.3) is 16.7 Å². The van der Waals surface area contributed by atoms with Gasteiger partial charge in [-0.05, 0) is 36.2 Å². The summed E-state index contributed by atoms with van der Waals surface area (Å²) in [6.45, 7) is 2.58. The Balaban J connectivity index is 1.83. The van der Waals surface area contributed by atoms with E-state index >= 15 is 0 Å². The fourth-order valence-corrected chi connectivity index (χ4v) is 4.29. The molecule has 0 bridgehead atoms. The molecule has 0 atom stereocenters. The van der Waals surface area contributed by atoms with Crippen LogP contribution in [-0.2, 0) is 12.3 Å². The van der Waals surface area contributed by atoms with Gasteiger partial charge in [-0.2, -0.15) is 0 Å². The van der Waals surface area contributed by atoms with Gasteiger partial charge in [-0.3, -0.25) is 13.8 Å².